The molecule has 0 unspecified atom stereocenters. The first-order chi connectivity index (χ1) is 10.5. The monoisotopic (exact) mass is 296 g/mol. The predicted molar refractivity (Wildman–Crippen MR) is 88.8 cm³/mol. The Kier molecular flexibility index (Phi) is 7.41. The first-order valence-electron chi connectivity index (χ1n) is 7.84. The standard InChI is InChI=1S/C20H24O2/c1-7-15(5)13-21-19-11-18(10-4)20(12-17(19)9-3)22-14-16(6)8-2/h11-12,15-16H,7-8,13-14H2,1-2,5-6H3/q-2/t15-,16-/m0/s1. The second kappa shape index (κ2) is 9.06. The van der Waals surface area contributed by atoms with Gasteiger partial charge >= 0.3 is 0 Å². The summed E-state index contributed by atoms with van der Waals surface area (Å²) >= 11 is 0. The van der Waals surface area contributed by atoms with Gasteiger partial charge in [-0.3, -0.25) is 11.8 Å². The van der Waals surface area contributed by atoms with Gasteiger partial charge in [0.2, 0.25) is 0 Å². The van der Waals surface area contributed by atoms with Crippen molar-refractivity contribution in [2.24, 2.45) is 11.8 Å². The molecule has 0 aliphatic heterocycles. The smallest absolute Gasteiger partial charge is 0.0884 e. The molecule has 22 heavy (non-hydrogen) atoms. The van der Waals surface area contributed by atoms with Crippen molar-refractivity contribution in [3.05, 3.63) is 36.1 Å². The summed E-state index contributed by atoms with van der Waals surface area (Å²) in [4.78, 5) is 0. The van der Waals surface area contributed by atoms with Gasteiger partial charge in [-0.1, -0.05) is 51.7 Å². The van der Waals surface area contributed by atoms with E-state index in [1.165, 1.54) is 0 Å². The van der Waals surface area contributed by atoms with Crippen LogP contribution in [0, 0.1) is 36.5 Å². The van der Waals surface area contributed by atoms with Crippen molar-refractivity contribution >= 4 is 0 Å². The molecule has 0 aliphatic carbocycles. The topological polar surface area (TPSA) is 18.5 Å². The van der Waals surface area contributed by atoms with E-state index in [0.717, 1.165) is 12.8 Å². The molecule has 0 radical (unpaired) electrons. The van der Waals surface area contributed by atoms with Crippen LogP contribution >= 0.6 is 0 Å². The first-order valence-corrected chi connectivity index (χ1v) is 7.84. The van der Waals surface area contributed by atoms with E-state index in [0.29, 0.717) is 47.7 Å². The maximum absolute atomic E-state index is 7.44. The molecule has 118 valence electrons. The predicted octanol–water partition coefficient (Wildman–Crippen LogP) is 4.41. The molecule has 2 nitrogen and oxygen atoms in total. The fraction of sp³-hybridized carbons (Fsp3) is 0.500. The van der Waals surface area contributed by atoms with E-state index in [4.69, 9.17) is 22.3 Å². The Labute approximate surface area is 135 Å². The number of rotatable bonds is 8. The zero-order valence-corrected chi connectivity index (χ0v) is 14.0. The lowest BCUT2D eigenvalue weighted by atomic mass is 10.1. The molecular weight excluding hydrogens is 272 g/mol. The van der Waals surface area contributed by atoms with Gasteiger partial charge in [0.15, 0.2) is 0 Å². The highest BCUT2D eigenvalue weighted by Crippen LogP contribution is 2.29. The SMILES string of the molecule is [C-]#Cc1cc(OC[C@@H](C)CC)c(C#[C-])cc1OC[C@@H](C)CC. The van der Waals surface area contributed by atoms with Gasteiger partial charge in [-0.05, 0) is 11.8 Å². The highest BCUT2D eigenvalue weighted by atomic mass is 16.5. The minimum atomic E-state index is 0.437. The van der Waals surface area contributed by atoms with Crippen LogP contribution in [0.25, 0.3) is 0 Å². The summed E-state index contributed by atoms with van der Waals surface area (Å²) < 4.78 is 11.5. The van der Waals surface area contributed by atoms with Gasteiger partial charge in [0.05, 0.1) is 13.2 Å². The summed E-state index contributed by atoms with van der Waals surface area (Å²) in [5, 5.41) is 0. The quantitative estimate of drug-likeness (QED) is 0.522. The molecule has 0 heterocycles. The van der Waals surface area contributed by atoms with Crippen molar-refractivity contribution in [3.63, 3.8) is 0 Å². The summed E-state index contributed by atoms with van der Waals surface area (Å²) in [6.07, 6.45) is 16.9. The van der Waals surface area contributed by atoms with Crippen molar-refractivity contribution in [2.45, 2.75) is 40.5 Å². The van der Waals surface area contributed by atoms with Gasteiger partial charge in [0, 0.05) is 11.5 Å². The zero-order chi connectivity index (χ0) is 16.5. The second-order valence-electron chi connectivity index (χ2n) is 5.74. The Bertz CT molecular complexity index is 509. The van der Waals surface area contributed by atoms with Gasteiger partial charge in [-0.15, -0.1) is 12.1 Å². The molecule has 0 aliphatic rings. The van der Waals surface area contributed by atoms with Gasteiger partial charge in [-0.2, -0.15) is 0 Å². The van der Waals surface area contributed by atoms with Crippen LogP contribution in [0.1, 0.15) is 51.7 Å². The molecule has 0 aromatic heterocycles. The Morgan fingerprint density at radius 1 is 0.864 bits per heavy atom. The molecule has 1 aromatic rings. The Morgan fingerprint density at radius 2 is 1.23 bits per heavy atom. The van der Waals surface area contributed by atoms with E-state index < -0.39 is 0 Å². The van der Waals surface area contributed by atoms with Crippen molar-refractivity contribution < 1.29 is 9.47 Å². The summed E-state index contributed by atoms with van der Waals surface area (Å²) in [5.41, 5.74) is 1.09. The lowest BCUT2D eigenvalue weighted by Gasteiger charge is -2.23. The van der Waals surface area contributed by atoms with E-state index >= 15 is 0 Å². The largest absolute Gasteiger partial charge is 0.512 e. The normalized spacial score (nSPS) is 12.8. The third-order valence-electron chi connectivity index (χ3n) is 3.79. The van der Waals surface area contributed by atoms with E-state index in [1.807, 2.05) is 0 Å². The zero-order valence-electron chi connectivity index (χ0n) is 14.0. The van der Waals surface area contributed by atoms with Crippen molar-refractivity contribution in [1.29, 1.82) is 0 Å². The number of hydrogen-bond donors (Lipinski definition) is 0. The van der Waals surface area contributed by atoms with Crippen molar-refractivity contribution in [1.82, 2.24) is 0 Å². The van der Waals surface area contributed by atoms with Crippen LogP contribution in [-0.2, 0) is 0 Å². The summed E-state index contributed by atoms with van der Waals surface area (Å²) in [7, 11) is 0. The highest BCUT2D eigenvalue weighted by Gasteiger charge is 2.04. The van der Waals surface area contributed by atoms with Crippen molar-refractivity contribution in [2.75, 3.05) is 13.2 Å². The van der Waals surface area contributed by atoms with Crippen LogP contribution < -0.4 is 9.47 Å². The van der Waals surface area contributed by atoms with Gasteiger partial charge in [-0.25, -0.2) is 0 Å². The molecule has 1 aromatic carbocycles. The maximum Gasteiger partial charge on any atom is 0.0884 e. The average Bonchev–Trinajstić information content (AvgIpc) is 2.56. The van der Waals surface area contributed by atoms with Crippen LogP contribution in [0.15, 0.2) is 12.1 Å². The highest BCUT2D eigenvalue weighted by molar-refractivity contribution is 5.56. The molecule has 2 heteroatoms. The average molecular weight is 296 g/mol. The molecule has 2 atom stereocenters. The lowest BCUT2D eigenvalue weighted by molar-refractivity contribution is 0.249. The Hall–Kier alpha value is -2.06. The number of benzene rings is 1. The van der Waals surface area contributed by atoms with Crippen LogP contribution in [0.4, 0.5) is 0 Å². The van der Waals surface area contributed by atoms with Crippen LogP contribution in [-0.4, -0.2) is 13.2 Å². The first kappa shape index (κ1) is 18.0. The van der Waals surface area contributed by atoms with Gasteiger partial charge in [0.1, 0.15) is 0 Å². The van der Waals surface area contributed by atoms with Crippen LogP contribution in [0.2, 0.25) is 0 Å². The fourth-order valence-corrected chi connectivity index (χ4v) is 1.69. The van der Waals surface area contributed by atoms with E-state index in [-0.39, 0.29) is 0 Å². The van der Waals surface area contributed by atoms with Gasteiger partial charge in [0.25, 0.3) is 0 Å². The molecule has 1 rings (SSSR count). The molecule has 0 N–H and O–H groups in total. The number of ether oxygens (including phenoxy) is 2. The summed E-state index contributed by atoms with van der Waals surface area (Å²) in [6.45, 7) is 9.61. The lowest BCUT2D eigenvalue weighted by Crippen LogP contribution is -2.10. The molecular formula is C20H24O2-2. The Balaban J connectivity index is 2.98. The summed E-state index contributed by atoms with van der Waals surface area (Å²) in [6, 6.07) is 3.41. The Morgan fingerprint density at radius 3 is 1.50 bits per heavy atom. The molecule has 0 saturated carbocycles. The third-order valence-corrected chi connectivity index (χ3v) is 3.79. The maximum atomic E-state index is 7.44. The molecule has 0 saturated heterocycles. The van der Waals surface area contributed by atoms with E-state index in [2.05, 4.69) is 39.5 Å². The third kappa shape index (κ3) is 5.05. The van der Waals surface area contributed by atoms with Crippen LogP contribution in [0.3, 0.4) is 0 Å². The summed E-state index contributed by atoms with van der Waals surface area (Å²) in [5.74, 6) is 6.76. The minimum Gasteiger partial charge on any atom is -0.512 e. The molecule has 0 fully saturated rings. The fourth-order valence-electron chi connectivity index (χ4n) is 1.69. The second-order valence-corrected chi connectivity index (χ2v) is 5.74. The number of hydrogen-bond acceptors (Lipinski definition) is 2. The van der Waals surface area contributed by atoms with Crippen LogP contribution in [0.5, 0.6) is 11.5 Å². The molecule has 0 bridgehead atoms. The van der Waals surface area contributed by atoms with Crippen molar-refractivity contribution in [3.8, 4) is 23.3 Å². The van der Waals surface area contributed by atoms with E-state index in [9.17, 15) is 0 Å². The minimum absolute atomic E-state index is 0.437. The molecule has 0 spiro atoms. The van der Waals surface area contributed by atoms with Gasteiger partial charge < -0.3 is 22.3 Å². The molecule has 0 amide bonds. The van der Waals surface area contributed by atoms with E-state index in [1.54, 1.807) is 12.1 Å².